The third-order valence-corrected chi connectivity index (χ3v) is 4.93. The first-order chi connectivity index (χ1) is 12.1. The molecule has 25 heavy (non-hydrogen) atoms. The number of hydrogen-bond donors (Lipinski definition) is 2. The average Bonchev–Trinajstić information content (AvgIpc) is 3.05. The molecule has 1 aliphatic rings. The largest absolute Gasteiger partial charge is 0.347 e. The molecule has 3 aromatic rings. The van der Waals surface area contributed by atoms with Crippen molar-refractivity contribution in [3.05, 3.63) is 64.3 Å². The topological polar surface area (TPSA) is 79.8 Å². The number of nitrogens with one attached hydrogen (secondary N) is 2. The molecule has 1 amide bonds. The number of aromatic amines is 1. The Kier molecular flexibility index (Phi) is 3.87. The van der Waals surface area contributed by atoms with Gasteiger partial charge in [0.2, 0.25) is 11.5 Å². The molecule has 2 N–H and O–H groups in total. The molecule has 1 aliphatic carbocycles. The summed E-state index contributed by atoms with van der Waals surface area (Å²) < 4.78 is 1.89. The summed E-state index contributed by atoms with van der Waals surface area (Å²) in [6.45, 7) is 1.88. The Bertz CT molecular complexity index is 988. The van der Waals surface area contributed by atoms with Gasteiger partial charge in [0.05, 0.1) is 23.4 Å². The van der Waals surface area contributed by atoms with Crippen molar-refractivity contribution < 1.29 is 4.79 Å². The number of pyridine rings is 1. The van der Waals surface area contributed by atoms with Crippen molar-refractivity contribution in [3.8, 4) is 0 Å². The van der Waals surface area contributed by atoms with E-state index in [2.05, 4.69) is 15.3 Å². The number of aryl methyl sites for hydroxylation is 1. The first-order valence-electron chi connectivity index (χ1n) is 8.57. The number of hydrogen-bond acceptors (Lipinski definition) is 3. The first-order valence-corrected chi connectivity index (χ1v) is 8.57. The van der Waals surface area contributed by atoms with Crippen molar-refractivity contribution in [3.63, 3.8) is 0 Å². The molecule has 0 bridgehead atoms. The van der Waals surface area contributed by atoms with E-state index < -0.39 is 0 Å². The molecule has 0 saturated heterocycles. The van der Waals surface area contributed by atoms with E-state index in [0.29, 0.717) is 0 Å². The summed E-state index contributed by atoms with van der Waals surface area (Å²) in [6.07, 6.45) is 4.38. The second kappa shape index (κ2) is 6.20. The molecule has 0 saturated carbocycles. The van der Waals surface area contributed by atoms with E-state index in [-0.39, 0.29) is 23.6 Å². The molecule has 0 aliphatic heterocycles. The smallest absolute Gasteiger partial charge is 0.248 e. The van der Waals surface area contributed by atoms with Gasteiger partial charge in [0.25, 0.3) is 0 Å². The third kappa shape index (κ3) is 2.84. The minimum atomic E-state index is -0.361. The Balaban J connectivity index is 1.57. The number of para-hydroxylation sites is 2. The van der Waals surface area contributed by atoms with Gasteiger partial charge in [-0.2, -0.15) is 0 Å². The van der Waals surface area contributed by atoms with E-state index in [1.165, 1.54) is 6.07 Å². The van der Waals surface area contributed by atoms with Crippen molar-refractivity contribution >= 4 is 16.9 Å². The van der Waals surface area contributed by atoms with Crippen LogP contribution in [0.15, 0.2) is 47.5 Å². The number of nitrogens with zero attached hydrogens (tertiary/aromatic N) is 2. The van der Waals surface area contributed by atoms with E-state index >= 15 is 0 Å². The summed E-state index contributed by atoms with van der Waals surface area (Å²) in [5, 5.41) is 3.14. The normalized spacial score (nSPS) is 17.9. The Morgan fingerprint density at radius 2 is 2.16 bits per heavy atom. The van der Waals surface area contributed by atoms with Gasteiger partial charge in [0.15, 0.2) is 0 Å². The SMILES string of the molecule is C[C@H](C(=O)N[C@@H]1CCCc2[nH]c(=O)ccc21)n1cnc2ccccc21. The number of carbonyl (C=O) groups is 1. The number of fused-ring (bicyclic) bond motifs is 2. The zero-order valence-electron chi connectivity index (χ0n) is 14.0. The van der Waals surface area contributed by atoms with Crippen molar-refractivity contribution in [1.29, 1.82) is 0 Å². The fraction of sp³-hybridized carbons (Fsp3) is 0.316. The van der Waals surface area contributed by atoms with Crippen LogP contribution in [-0.2, 0) is 11.2 Å². The fourth-order valence-corrected chi connectivity index (χ4v) is 3.56. The Morgan fingerprint density at radius 1 is 1.32 bits per heavy atom. The summed E-state index contributed by atoms with van der Waals surface area (Å²) >= 11 is 0. The Morgan fingerprint density at radius 3 is 3.04 bits per heavy atom. The van der Waals surface area contributed by atoms with Gasteiger partial charge in [-0.1, -0.05) is 12.1 Å². The van der Waals surface area contributed by atoms with Gasteiger partial charge in [0.1, 0.15) is 6.04 Å². The molecule has 6 nitrogen and oxygen atoms in total. The molecule has 4 rings (SSSR count). The monoisotopic (exact) mass is 336 g/mol. The molecule has 2 atom stereocenters. The lowest BCUT2D eigenvalue weighted by Gasteiger charge is -2.27. The van der Waals surface area contributed by atoms with Gasteiger partial charge < -0.3 is 14.9 Å². The minimum absolute atomic E-state index is 0.0489. The molecule has 0 spiro atoms. The summed E-state index contributed by atoms with van der Waals surface area (Å²) in [5.41, 5.74) is 3.68. The average molecular weight is 336 g/mol. The lowest BCUT2D eigenvalue weighted by molar-refractivity contribution is -0.124. The maximum absolute atomic E-state index is 12.8. The number of H-pyrrole nitrogens is 1. The van der Waals surface area contributed by atoms with Crippen LogP contribution in [0.5, 0.6) is 0 Å². The van der Waals surface area contributed by atoms with Crippen LogP contribution in [0.2, 0.25) is 0 Å². The predicted molar refractivity (Wildman–Crippen MR) is 95.3 cm³/mol. The van der Waals surface area contributed by atoms with Crippen molar-refractivity contribution in [2.24, 2.45) is 0 Å². The van der Waals surface area contributed by atoms with Crippen LogP contribution in [0.1, 0.15) is 43.1 Å². The first kappa shape index (κ1) is 15.6. The molecule has 0 radical (unpaired) electrons. The van der Waals surface area contributed by atoms with Crippen molar-refractivity contribution in [2.45, 2.75) is 38.3 Å². The lowest BCUT2D eigenvalue weighted by atomic mass is 9.91. The van der Waals surface area contributed by atoms with Gasteiger partial charge in [-0.25, -0.2) is 4.98 Å². The maximum atomic E-state index is 12.8. The molecule has 0 fully saturated rings. The summed E-state index contributed by atoms with van der Waals surface area (Å²) in [6, 6.07) is 10.7. The van der Waals surface area contributed by atoms with Crippen LogP contribution in [-0.4, -0.2) is 20.4 Å². The van der Waals surface area contributed by atoms with Crippen LogP contribution in [0.4, 0.5) is 0 Å². The molecule has 1 aromatic carbocycles. The summed E-state index contributed by atoms with van der Waals surface area (Å²) in [7, 11) is 0. The van der Waals surface area contributed by atoms with Crippen LogP contribution in [0, 0.1) is 0 Å². The zero-order chi connectivity index (χ0) is 17.4. The van der Waals surface area contributed by atoms with Gasteiger partial charge in [0, 0.05) is 11.8 Å². The highest BCUT2D eigenvalue weighted by molar-refractivity contribution is 5.83. The maximum Gasteiger partial charge on any atom is 0.248 e. The number of benzene rings is 1. The van der Waals surface area contributed by atoms with Gasteiger partial charge in [-0.05, 0) is 49.9 Å². The van der Waals surface area contributed by atoms with E-state index in [4.69, 9.17) is 0 Å². The Labute approximate surface area is 144 Å². The summed E-state index contributed by atoms with van der Waals surface area (Å²) in [4.78, 5) is 31.6. The second-order valence-electron chi connectivity index (χ2n) is 6.53. The van der Waals surface area contributed by atoms with Crippen LogP contribution >= 0.6 is 0 Å². The van der Waals surface area contributed by atoms with Crippen LogP contribution < -0.4 is 10.9 Å². The number of carbonyl (C=O) groups excluding carboxylic acids is 1. The van der Waals surface area contributed by atoms with Crippen molar-refractivity contribution in [2.75, 3.05) is 0 Å². The van der Waals surface area contributed by atoms with E-state index in [9.17, 15) is 9.59 Å². The molecule has 2 aromatic heterocycles. The second-order valence-corrected chi connectivity index (χ2v) is 6.53. The molecular formula is C19H20N4O2. The highest BCUT2D eigenvalue weighted by Gasteiger charge is 2.25. The minimum Gasteiger partial charge on any atom is -0.347 e. The third-order valence-electron chi connectivity index (χ3n) is 4.93. The number of aromatic nitrogens is 3. The molecular weight excluding hydrogens is 316 g/mol. The highest BCUT2D eigenvalue weighted by Crippen LogP contribution is 2.28. The number of amides is 1. The molecule has 6 heteroatoms. The number of imidazole rings is 1. The molecule has 2 heterocycles. The quantitative estimate of drug-likeness (QED) is 0.771. The summed E-state index contributed by atoms with van der Waals surface area (Å²) in [5.74, 6) is -0.0489. The van der Waals surface area contributed by atoms with Gasteiger partial charge in [-0.15, -0.1) is 0 Å². The Hall–Kier alpha value is -2.89. The molecule has 0 unspecified atom stereocenters. The van der Waals surface area contributed by atoms with E-state index in [1.54, 1.807) is 6.33 Å². The lowest BCUT2D eigenvalue weighted by Crippen LogP contribution is -2.36. The van der Waals surface area contributed by atoms with Crippen LogP contribution in [0.25, 0.3) is 11.0 Å². The van der Waals surface area contributed by atoms with E-state index in [0.717, 1.165) is 41.6 Å². The number of rotatable bonds is 3. The fourth-order valence-electron chi connectivity index (χ4n) is 3.56. The molecule has 128 valence electrons. The highest BCUT2D eigenvalue weighted by atomic mass is 16.2. The zero-order valence-corrected chi connectivity index (χ0v) is 14.0. The van der Waals surface area contributed by atoms with E-state index in [1.807, 2.05) is 41.8 Å². The van der Waals surface area contributed by atoms with Gasteiger partial charge >= 0.3 is 0 Å². The van der Waals surface area contributed by atoms with Gasteiger partial charge in [-0.3, -0.25) is 9.59 Å². The standard InChI is InChI=1S/C19H20N4O2/c1-12(23-11-20-16-5-2-3-8-17(16)23)19(25)22-15-7-4-6-14-13(15)9-10-18(24)21-14/h2-3,5,8-12,15H,4,6-7H2,1H3,(H,21,24)(H,22,25)/t12-,15-/m1/s1. The van der Waals surface area contributed by atoms with Crippen LogP contribution in [0.3, 0.4) is 0 Å². The van der Waals surface area contributed by atoms with Crippen molar-refractivity contribution in [1.82, 2.24) is 19.9 Å². The predicted octanol–water partition coefficient (Wildman–Crippen LogP) is 2.48.